The van der Waals surface area contributed by atoms with Gasteiger partial charge in [0.05, 0.1) is 11.2 Å². The Hall–Kier alpha value is -3.32. The van der Waals surface area contributed by atoms with Crippen LogP contribution in [0.25, 0.3) is 27.8 Å². The number of benzene rings is 2. The van der Waals surface area contributed by atoms with Crippen molar-refractivity contribution in [2.75, 3.05) is 0 Å². The SMILES string of the molecule is O=C(O)Oc1c(-c2ccsc2)n(-c2ccc(O)c(F)c2)c2ccccc12. The third-order valence-corrected chi connectivity index (χ3v) is 4.68. The zero-order valence-electron chi connectivity index (χ0n) is 13.2. The van der Waals surface area contributed by atoms with E-state index >= 15 is 0 Å². The van der Waals surface area contributed by atoms with E-state index in [4.69, 9.17) is 4.74 Å². The van der Waals surface area contributed by atoms with E-state index in [1.807, 2.05) is 16.8 Å². The zero-order valence-corrected chi connectivity index (χ0v) is 14.0. The molecule has 4 rings (SSSR count). The second-order valence-corrected chi connectivity index (χ2v) is 6.33. The van der Waals surface area contributed by atoms with Gasteiger partial charge in [0, 0.05) is 28.1 Å². The van der Waals surface area contributed by atoms with Gasteiger partial charge in [-0.15, -0.1) is 0 Å². The molecule has 130 valence electrons. The van der Waals surface area contributed by atoms with Crippen molar-refractivity contribution in [2.45, 2.75) is 0 Å². The first-order chi connectivity index (χ1) is 12.6. The lowest BCUT2D eigenvalue weighted by molar-refractivity contribution is 0.145. The monoisotopic (exact) mass is 369 g/mol. The van der Waals surface area contributed by atoms with Gasteiger partial charge in [0.25, 0.3) is 0 Å². The average molecular weight is 369 g/mol. The Labute approximate surface area is 151 Å². The van der Waals surface area contributed by atoms with Crippen molar-refractivity contribution in [1.82, 2.24) is 4.57 Å². The van der Waals surface area contributed by atoms with Crippen molar-refractivity contribution in [2.24, 2.45) is 0 Å². The molecule has 2 N–H and O–H groups in total. The highest BCUT2D eigenvalue weighted by Gasteiger charge is 2.23. The van der Waals surface area contributed by atoms with Crippen LogP contribution in [0.4, 0.5) is 9.18 Å². The average Bonchev–Trinajstić information content (AvgIpc) is 3.24. The van der Waals surface area contributed by atoms with Crippen LogP contribution in [-0.2, 0) is 0 Å². The highest BCUT2D eigenvalue weighted by Crippen LogP contribution is 2.43. The molecule has 7 heteroatoms. The first kappa shape index (κ1) is 16.2. The van der Waals surface area contributed by atoms with E-state index in [1.54, 1.807) is 34.9 Å². The summed E-state index contributed by atoms with van der Waals surface area (Å²) < 4.78 is 20.8. The van der Waals surface area contributed by atoms with Gasteiger partial charge in [0.1, 0.15) is 0 Å². The van der Waals surface area contributed by atoms with Gasteiger partial charge in [-0.05, 0) is 35.7 Å². The fourth-order valence-corrected chi connectivity index (χ4v) is 3.60. The Kier molecular flexibility index (Phi) is 3.85. The first-order valence-electron chi connectivity index (χ1n) is 7.62. The van der Waals surface area contributed by atoms with Crippen LogP contribution < -0.4 is 4.74 Å². The van der Waals surface area contributed by atoms with Crippen LogP contribution in [0.2, 0.25) is 0 Å². The first-order valence-corrected chi connectivity index (χ1v) is 8.56. The maximum absolute atomic E-state index is 14.0. The van der Waals surface area contributed by atoms with Crippen molar-refractivity contribution in [3.05, 3.63) is 65.1 Å². The quantitative estimate of drug-likeness (QED) is 0.483. The molecule has 5 nitrogen and oxygen atoms in total. The number of phenolic OH excluding ortho intramolecular Hbond substituents is 1. The number of rotatable bonds is 3. The number of ether oxygens (including phenoxy) is 1. The lowest BCUT2D eigenvalue weighted by atomic mass is 10.2. The van der Waals surface area contributed by atoms with Crippen LogP contribution in [0.5, 0.6) is 11.5 Å². The molecule has 0 saturated carbocycles. The molecule has 0 aliphatic rings. The summed E-state index contributed by atoms with van der Waals surface area (Å²) in [4.78, 5) is 11.3. The summed E-state index contributed by atoms with van der Waals surface area (Å²) in [6.45, 7) is 0. The highest BCUT2D eigenvalue weighted by molar-refractivity contribution is 7.08. The minimum Gasteiger partial charge on any atom is -0.505 e. The number of halogens is 1. The van der Waals surface area contributed by atoms with Gasteiger partial charge in [-0.1, -0.05) is 12.1 Å². The smallest absolute Gasteiger partial charge is 0.505 e. The fraction of sp³-hybridized carbons (Fsp3) is 0. The summed E-state index contributed by atoms with van der Waals surface area (Å²) >= 11 is 1.45. The van der Waals surface area contributed by atoms with E-state index in [-0.39, 0.29) is 5.75 Å². The van der Waals surface area contributed by atoms with E-state index in [2.05, 4.69) is 0 Å². The molecule has 4 aromatic rings. The van der Waals surface area contributed by atoms with E-state index in [9.17, 15) is 19.4 Å². The zero-order chi connectivity index (χ0) is 18.3. The van der Waals surface area contributed by atoms with Crippen molar-refractivity contribution in [3.63, 3.8) is 0 Å². The predicted molar refractivity (Wildman–Crippen MR) is 96.9 cm³/mol. The minimum absolute atomic E-state index is 0.181. The van der Waals surface area contributed by atoms with E-state index in [1.165, 1.54) is 23.5 Å². The van der Waals surface area contributed by atoms with Crippen LogP contribution in [0.1, 0.15) is 0 Å². The van der Waals surface area contributed by atoms with Gasteiger partial charge >= 0.3 is 6.16 Å². The van der Waals surface area contributed by atoms with Gasteiger partial charge in [-0.25, -0.2) is 9.18 Å². The molecule has 26 heavy (non-hydrogen) atoms. The lowest BCUT2D eigenvalue weighted by Crippen LogP contribution is -2.04. The number of fused-ring (bicyclic) bond motifs is 1. The van der Waals surface area contributed by atoms with Crippen LogP contribution >= 0.6 is 11.3 Å². The summed E-state index contributed by atoms with van der Waals surface area (Å²) in [5, 5.41) is 23.0. The van der Waals surface area contributed by atoms with Crippen LogP contribution in [0.15, 0.2) is 59.3 Å². The van der Waals surface area contributed by atoms with Crippen molar-refractivity contribution >= 4 is 28.4 Å². The number of carbonyl (C=O) groups is 1. The van der Waals surface area contributed by atoms with Gasteiger partial charge in [0.15, 0.2) is 17.3 Å². The Morgan fingerprint density at radius 2 is 1.96 bits per heavy atom. The van der Waals surface area contributed by atoms with Gasteiger partial charge in [0.2, 0.25) is 0 Å². The largest absolute Gasteiger partial charge is 0.511 e. The molecule has 0 atom stereocenters. The second kappa shape index (κ2) is 6.20. The number of aromatic hydroxyl groups is 1. The number of hydrogen-bond donors (Lipinski definition) is 2. The fourth-order valence-electron chi connectivity index (χ4n) is 2.96. The molecule has 0 amide bonds. The van der Waals surface area contributed by atoms with Gasteiger partial charge < -0.3 is 19.5 Å². The molecule has 0 radical (unpaired) electrons. The van der Waals surface area contributed by atoms with E-state index in [0.29, 0.717) is 22.3 Å². The summed E-state index contributed by atoms with van der Waals surface area (Å²) in [6.07, 6.45) is -1.43. The molecule has 0 aliphatic heterocycles. The van der Waals surface area contributed by atoms with Crippen LogP contribution in [-0.4, -0.2) is 20.9 Å². The molecule has 0 fully saturated rings. The standard InChI is InChI=1S/C19H12FNO4S/c20-14-9-12(5-6-16(14)22)21-15-4-2-1-3-13(15)18(25-19(23)24)17(21)11-7-8-26-10-11/h1-10,22H,(H,23,24). The molecule has 0 spiro atoms. The maximum atomic E-state index is 14.0. The molecule has 2 aromatic heterocycles. The predicted octanol–water partition coefficient (Wildman–Crippen LogP) is 5.26. The second-order valence-electron chi connectivity index (χ2n) is 5.55. The van der Waals surface area contributed by atoms with Gasteiger partial charge in [-0.2, -0.15) is 11.3 Å². The van der Waals surface area contributed by atoms with Crippen molar-refractivity contribution in [1.29, 1.82) is 0 Å². The Balaban J connectivity index is 2.12. The summed E-state index contributed by atoms with van der Waals surface area (Å²) in [5.74, 6) is -1.04. The Bertz CT molecular complexity index is 1120. The van der Waals surface area contributed by atoms with Gasteiger partial charge in [-0.3, -0.25) is 0 Å². The molecular formula is C19H12FNO4S. The molecule has 0 bridgehead atoms. The third kappa shape index (κ3) is 2.58. The summed E-state index contributed by atoms with van der Waals surface area (Å²) in [6, 6.07) is 13.0. The topological polar surface area (TPSA) is 71.7 Å². The highest BCUT2D eigenvalue weighted by atomic mass is 32.1. The number of carboxylic acid groups (broad SMARTS) is 1. The molecule has 0 saturated heterocycles. The normalized spacial score (nSPS) is 11.0. The maximum Gasteiger partial charge on any atom is 0.511 e. The molecule has 2 aromatic carbocycles. The number of phenols is 1. The van der Waals surface area contributed by atoms with Crippen LogP contribution in [0, 0.1) is 5.82 Å². The number of nitrogens with zero attached hydrogens (tertiary/aromatic N) is 1. The van der Waals surface area contributed by atoms with Crippen molar-refractivity contribution in [3.8, 4) is 28.4 Å². The summed E-state index contributed by atoms with van der Waals surface area (Å²) in [5.41, 5.74) is 2.35. The minimum atomic E-state index is -1.43. The number of hydrogen-bond acceptors (Lipinski definition) is 4. The Morgan fingerprint density at radius 3 is 2.65 bits per heavy atom. The number of thiophene rings is 1. The number of aromatic nitrogens is 1. The lowest BCUT2D eigenvalue weighted by Gasteiger charge is -2.11. The van der Waals surface area contributed by atoms with E-state index in [0.717, 1.165) is 5.56 Å². The number of para-hydroxylation sites is 1. The Morgan fingerprint density at radius 1 is 1.15 bits per heavy atom. The molecule has 2 heterocycles. The van der Waals surface area contributed by atoms with Crippen molar-refractivity contribution < 1.29 is 24.1 Å². The molecule has 0 aliphatic carbocycles. The van der Waals surface area contributed by atoms with E-state index < -0.39 is 17.7 Å². The summed E-state index contributed by atoms with van der Waals surface area (Å²) in [7, 11) is 0. The molecular weight excluding hydrogens is 357 g/mol. The third-order valence-electron chi connectivity index (χ3n) is 4.00. The molecule has 0 unspecified atom stereocenters. The van der Waals surface area contributed by atoms with Crippen LogP contribution in [0.3, 0.4) is 0 Å².